The van der Waals surface area contributed by atoms with Crippen LogP contribution < -0.4 is 20.3 Å². The van der Waals surface area contributed by atoms with E-state index in [1.54, 1.807) is 16.9 Å². The number of ether oxygens (including phenoxy) is 1. The van der Waals surface area contributed by atoms with Gasteiger partial charge in [0.2, 0.25) is 5.91 Å². The standard InChI is InChI=1S/C33H37N7O2/c1-2-42-28-18-29(31-27(20-34)22-37-40(31)23-28)26-8-9-30(36-21-26)39-16-12-33(13-17-39,19-24-6-4-3-5-7-24)38-32(41)25-10-14-35-15-11-25/h3-9,18,21-23,25,35H,2,10-17,19H2,1H3,(H,38,41). The molecule has 2 saturated heterocycles. The van der Waals surface area contributed by atoms with Crippen molar-refractivity contribution in [3.63, 3.8) is 0 Å². The number of rotatable bonds is 8. The van der Waals surface area contributed by atoms with Crippen molar-refractivity contribution in [2.45, 2.75) is 44.6 Å². The van der Waals surface area contributed by atoms with Crippen LogP contribution in [0.4, 0.5) is 5.82 Å². The number of nitrogens with one attached hydrogen (secondary N) is 2. The molecule has 0 saturated carbocycles. The number of fused-ring (bicyclic) bond motifs is 1. The second-order valence-corrected chi connectivity index (χ2v) is 11.3. The fourth-order valence-electron chi connectivity index (χ4n) is 6.32. The van der Waals surface area contributed by atoms with Gasteiger partial charge in [-0.3, -0.25) is 4.79 Å². The maximum atomic E-state index is 13.4. The van der Waals surface area contributed by atoms with Crippen LogP contribution in [0.2, 0.25) is 0 Å². The molecule has 0 bridgehead atoms. The van der Waals surface area contributed by atoms with Crippen molar-refractivity contribution in [3.05, 3.63) is 78.2 Å². The molecule has 1 aromatic carbocycles. The minimum absolute atomic E-state index is 0.0798. The van der Waals surface area contributed by atoms with Gasteiger partial charge < -0.3 is 20.3 Å². The van der Waals surface area contributed by atoms with Crippen LogP contribution in [0.1, 0.15) is 43.7 Å². The molecule has 0 radical (unpaired) electrons. The smallest absolute Gasteiger partial charge is 0.223 e. The van der Waals surface area contributed by atoms with Crippen molar-refractivity contribution in [2.75, 3.05) is 37.7 Å². The third-order valence-electron chi connectivity index (χ3n) is 8.61. The highest BCUT2D eigenvalue weighted by atomic mass is 16.5. The molecule has 0 aliphatic carbocycles. The summed E-state index contributed by atoms with van der Waals surface area (Å²) in [5, 5.41) is 20.9. The minimum atomic E-state index is -0.277. The van der Waals surface area contributed by atoms with Crippen LogP contribution in [-0.4, -0.2) is 58.8 Å². The summed E-state index contributed by atoms with van der Waals surface area (Å²) in [7, 11) is 0. The number of benzene rings is 1. The van der Waals surface area contributed by atoms with E-state index in [1.165, 1.54) is 5.56 Å². The number of amides is 1. The van der Waals surface area contributed by atoms with Gasteiger partial charge in [0.15, 0.2) is 0 Å². The van der Waals surface area contributed by atoms with Gasteiger partial charge in [0, 0.05) is 41.9 Å². The first-order valence-electron chi connectivity index (χ1n) is 14.9. The van der Waals surface area contributed by atoms with E-state index in [-0.39, 0.29) is 17.4 Å². The first-order chi connectivity index (χ1) is 20.6. The fraction of sp³-hybridized carbons (Fsp3) is 0.394. The van der Waals surface area contributed by atoms with Crippen molar-refractivity contribution in [1.29, 1.82) is 5.26 Å². The molecule has 2 aliphatic heterocycles. The molecule has 216 valence electrons. The zero-order valence-electron chi connectivity index (χ0n) is 24.1. The third kappa shape index (κ3) is 5.81. The van der Waals surface area contributed by atoms with E-state index in [0.717, 1.165) is 80.7 Å². The lowest BCUT2D eigenvalue weighted by molar-refractivity contribution is -0.128. The summed E-state index contributed by atoms with van der Waals surface area (Å²) < 4.78 is 7.46. The normalized spacial score (nSPS) is 17.1. The van der Waals surface area contributed by atoms with Crippen LogP contribution in [-0.2, 0) is 11.2 Å². The number of piperidine rings is 2. The Morgan fingerprint density at radius 3 is 2.62 bits per heavy atom. The molecule has 1 amide bonds. The predicted octanol–water partition coefficient (Wildman–Crippen LogP) is 4.36. The van der Waals surface area contributed by atoms with E-state index in [2.05, 4.69) is 51.0 Å². The van der Waals surface area contributed by atoms with Crippen molar-refractivity contribution in [1.82, 2.24) is 25.2 Å². The zero-order chi connectivity index (χ0) is 28.9. The fourth-order valence-corrected chi connectivity index (χ4v) is 6.32. The van der Waals surface area contributed by atoms with Gasteiger partial charge in [-0.05, 0) is 75.9 Å². The molecule has 0 unspecified atom stereocenters. The maximum absolute atomic E-state index is 13.4. The average molecular weight is 564 g/mol. The van der Waals surface area contributed by atoms with Gasteiger partial charge in [-0.1, -0.05) is 30.3 Å². The highest BCUT2D eigenvalue weighted by Gasteiger charge is 2.38. The number of hydrogen-bond acceptors (Lipinski definition) is 7. The highest BCUT2D eigenvalue weighted by Crippen LogP contribution is 2.33. The molecule has 2 N–H and O–H groups in total. The second kappa shape index (κ2) is 12.2. The largest absolute Gasteiger partial charge is 0.492 e. The SMILES string of the molecule is CCOc1cc(-c2ccc(N3CCC(Cc4ccccc4)(NC(=O)C4CCNCC4)CC3)nc2)c2c(C#N)cnn2c1. The second-order valence-electron chi connectivity index (χ2n) is 11.3. The minimum Gasteiger partial charge on any atom is -0.492 e. The lowest BCUT2D eigenvalue weighted by atomic mass is 9.80. The summed E-state index contributed by atoms with van der Waals surface area (Å²) >= 11 is 0. The molecule has 6 rings (SSSR count). The molecule has 5 heterocycles. The number of aromatic nitrogens is 3. The maximum Gasteiger partial charge on any atom is 0.223 e. The van der Waals surface area contributed by atoms with E-state index in [4.69, 9.17) is 9.72 Å². The number of nitriles is 1. The zero-order valence-corrected chi connectivity index (χ0v) is 24.1. The van der Waals surface area contributed by atoms with Crippen LogP contribution in [0.5, 0.6) is 5.75 Å². The Morgan fingerprint density at radius 1 is 1.14 bits per heavy atom. The van der Waals surface area contributed by atoms with Gasteiger partial charge in [-0.2, -0.15) is 10.4 Å². The summed E-state index contributed by atoms with van der Waals surface area (Å²) in [6, 6.07) is 18.8. The first kappa shape index (κ1) is 27.7. The molecular weight excluding hydrogens is 526 g/mol. The van der Waals surface area contributed by atoms with Gasteiger partial charge in [0.1, 0.15) is 17.6 Å². The Bertz CT molecular complexity index is 1560. The van der Waals surface area contributed by atoms with E-state index in [1.807, 2.05) is 37.4 Å². The summed E-state index contributed by atoms with van der Waals surface area (Å²) in [6.45, 7) is 5.89. The number of anilines is 1. The van der Waals surface area contributed by atoms with Crippen molar-refractivity contribution in [2.24, 2.45) is 5.92 Å². The Kier molecular flexibility index (Phi) is 8.06. The van der Waals surface area contributed by atoms with Crippen molar-refractivity contribution < 1.29 is 9.53 Å². The third-order valence-corrected chi connectivity index (χ3v) is 8.61. The quantitative estimate of drug-likeness (QED) is 0.328. The molecule has 42 heavy (non-hydrogen) atoms. The monoisotopic (exact) mass is 563 g/mol. The Balaban J connectivity index is 1.21. The van der Waals surface area contributed by atoms with E-state index < -0.39 is 0 Å². The number of pyridine rings is 2. The first-order valence-corrected chi connectivity index (χ1v) is 14.9. The molecular formula is C33H37N7O2. The summed E-state index contributed by atoms with van der Waals surface area (Å²) in [5.41, 5.74) is 3.97. The Morgan fingerprint density at radius 2 is 1.93 bits per heavy atom. The van der Waals surface area contributed by atoms with Gasteiger partial charge in [-0.25, -0.2) is 9.50 Å². The summed E-state index contributed by atoms with van der Waals surface area (Å²) in [5.74, 6) is 1.87. The van der Waals surface area contributed by atoms with Gasteiger partial charge in [0.25, 0.3) is 0 Å². The lowest BCUT2D eigenvalue weighted by Gasteiger charge is -2.44. The number of nitrogens with zero attached hydrogens (tertiary/aromatic N) is 5. The molecule has 9 nitrogen and oxygen atoms in total. The van der Waals surface area contributed by atoms with Crippen LogP contribution >= 0.6 is 0 Å². The van der Waals surface area contributed by atoms with Crippen molar-refractivity contribution >= 4 is 17.2 Å². The van der Waals surface area contributed by atoms with Crippen LogP contribution in [0.3, 0.4) is 0 Å². The molecule has 2 aliphatic rings. The van der Waals surface area contributed by atoms with Gasteiger partial charge in [-0.15, -0.1) is 0 Å². The van der Waals surface area contributed by atoms with Crippen LogP contribution in [0.25, 0.3) is 16.6 Å². The predicted molar refractivity (Wildman–Crippen MR) is 162 cm³/mol. The molecule has 4 aromatic rings. The number of carbonyl (C=O) groups is 1. The number of carbonyl (C=O) groups excluding carboxylic acids is 1. The van der Waals surface area contributed by atoms with Crippen molar-refractivity contribution in [3.8, 4) is 22.9 Å². The van der Waals surface area contributed by atoms with Crippen LogP contribution in [0, 0.1) is 17.2 Å². The van der Waals surface area contributed by atoms with E-state index in [0.29, 0.717) is 17.9 Å². The molecule has 0 spiro atoms. The van der Waals surface area contributed by atoms with Gasteiger partial charge in [0.05, 0.1) is 30.1 Å². The molecule has 9 heteroatoms. The highest BCUT2D eigenvalue weighted by molar-refractivity contribution is 5.85. The average Bonchev–Trinajstić information content (AvgIpc) is 3.45. The number of hydrogen-bond donors (Lipinski definition) is 2. The molecule has 2 fully saturated rings. The van der Waals surface area contributed by atoms with E-state index in [9.17, 15) is 10.1 Å². The summed E-state index contributed by atoms with van der Waals surface area (Å²) in [6.07, 6.45) is 9.54. The molecule has 3 aromatic heterocycles. The van der Waals surface area contributed by atoms with E-state index >= 15 is 0 Å². The summed E-state index contributed by atoms with van der Waals surface area (Å²) in [4.78, 5) is 20.5. The Labute approximate surface area is 246 Å². The topological polar surface area (TPSA) is 108 Å². The Hall–Kier alpha value is -4.42. The lowest BCUT2D eigenvalue weighted by Crippen LogP contribution is -2.58. The van der Waals surface area contributed by atoms with Crippen LogP contribution in [0.15, 0.2) is 67.1 Å². The van der Waals surface area contributed by atoms with Gasteiger partial charge >= 0.3 is 0 Å². The molecule has 0 atom stereocenters.